The van der Waals surface area contributed by atoms with Gasteiger partial charge in [-0.1, -0.05) is 6.58 Å². The first-order valence-electron chi connectivity index (χ1n) is 6.70. The minimum Gasteiger partial charge on any atom is -0.480 e. The molecule has 0 aliphatic heterocycles. The van der Waals surface area contributed by atoms with Crippen LogP contribution in [0.3, 0.4) is 0 Å². The highest BCUT2D eigenvalue weighted by Crippen LogP contribution is 1.99. The molecular weight excluding hydrogens is 310 g/mol. The zero-order chi connectivity index (χ0) is 18.0. The minimum atomic E-state index is -1.19. The molecule has 0 rings (SSSR count). The summed E-state index contributed by atoms with van der Waals surface area (Å²) in [5.41, 5.74) is 0. The van der Waals surface area contributed by atoms with Gasteiger partial charge in [-0.05, 0) is 13.0 Å². The van der Waals surface area contributed by atoms with Crippen LogP contribution < -0.4 is 5.32 Å². The van der Waals surface area contributed by atoms with Crippen molar-refractivity contribution >= 4 is 23.8 Å². The first-order valence-corrected chi connectivity index (χ1v) is 6.70. The molecule has 0 saturated carbocycles. The third-order valence-corrected chi connectivity index (χ3v) is 2.84. The van der Waals surface area contributed by atoms with E-state index in [0.29, 0.717) is 0 Å². The summed E-state index contributed by atoms with van der Waals surface area (Å²) >= 11 is 0. The molecule has 1 unspecified atom stereocenters. The molecule has 4 N–H and O–H groups in total. The Labute approximate surface area is 133 Å². The van der Waals surface area contributed by atoms with Crippen molar-refractivity contribution in [2.24, 2.45) is 0 Å². The monoisotopic (exact) mass is 331 g/mol. The smallest absolute Gasteiger partial charge is 0.317 e. The average molecular weight is 331 g/mol. The van der Waals surface area contributed by atoms with Crippen molar-refractivity contribution in [3.63, 3.8) is 0 Å². The van der Waals surface area contributed by atoms with E-state index in [9.17, 15) is 19.2 Å². The van der Waals surface area contributed by atoms with Crippen LogP contribution in [0.5, 0.6) is 0 Å². The number of carboxylic acid groups (broad SMARTS) is 3. The molecule has 0 aromatic carbocycles. The number of hydrogen-bond donors (Lipinski definition) is 4. The molecule has 0 aliphatic rings. The number of amides is 1. The van der Waals surface area contributed by atoms with Crippen LogP contribution in [0.15, 0.2) is 12.7 Å². The van der Waals surface area contributed by atoms with Gasteiger partial charge >= 0.3 is 17.9 Å². The number of rotatable bonds is 12. The van der Waals surface area contributed by atoms with Gasteiger partial charge in [-0.15, -0.1) is 0 Å². The van der Waals surface area contributed by atoms with E-state index in [1.807, 2.05) is 0 Å². The summed E-state index contributed by atoms with van der Waals surface area (Å²) in [5, 5.41) is 28.9. The fourth-order valence-corrected chi connectivity index (χ4v) is 1.81. The second-order valence-corrected chi connectivity index (χ2v) is 4.75. The largest absolute Gasteiger partial charge is 0.480 e. The van der Waals surface area contributed by atoms with E-state index in [1.165, 1.54) is 4.90 Å². The predicted molar refractivity (Wildman–Crippen MR) is 78.7 cm³/mol. The zero-order valence-corrected chi connectivity index (χ0v) is 12.8. The molecule has 0 fully saturated rings. The molecule has 0 radical (unpaired) electrons. The lowest BCUT2D eigenvalue weighted by molar-refractivity contribution is -0.143. The zero-order valence-electron chi connectivity index (χ0n) is 12.8. The molecular formula is C13H21N3O7. The van der Waals surface area contributed by atoms with Crippen molar-refractivity contribution in [1.29, 1.82) is 0 Å². The summed E-state index contributed by atoms with van der Waals surface area (Å²) in [7, 11) is 0. The van der Waals surface area contributed by atoms with Crippen LogP contribution in [0.25, 0.3) is 0 Å². The molecule has 0 heterocycles. The first kappa shape index (κ1) is 20.5. The SMILES string of the molecule is C=CC(=O)NC(C)N(CCN(CC(=O)O)CC(=O)O)CC(=O)O. The maximum atomic E-state index is 11.3. The standard InChI is InChI=1S/C13H21N3O7/c1-3-10(17)14-9(2)16(8-13(22)23)5-4-15(6-11(18)19)7-12(20)21/h3,9H,1,4-8H2,2H3,(H,14,17)(H,18,19)(H,20,21)(H,22,23). The van der Waals surface area contributed by atoms with Crippen LogP contribution in [0.2, 0.25) is 0 Å². The Morgan fingerprint density at radius 2 is 1.48 bits per heavy atom. The van der Waals surface area contributed by atoms with Gasteiger partial charge < -0.3 is 20.6 Å². The molecule has 0 bridgehead atoms. The Morgan fingerprint density at radius 3 is 1.87 bits per heavy atom. The number of carbonyl (C=O) groups is 4. The Bertz CT molecular complexity index is 450. The van der Waals surface area contributed by atoms with Crippen LogP contribution in [0, 0.1) is 0 Å². The minimum absolute atomic E-state index is 0.0141. The molecule has 0 saturated heterocycles. The lowest BCUT2D eigenvalue weighted by atomic mass is 10.3. The highest BCUT2D eigenvalue weighted by molar-refractivity contribution is 5.87. The number of nitrogens with zero attached hydrogens (tertiary/aromatic N) is 2. The van der Waals surface area contributed by atoms with Crippen molar-refractivity contribution in [2.75, 3.05) is 32.7 Å². The second kappa shape index (κ2) is 10.3. The average Bonchev–Trinajstić information content (AvgIpc) is 2.41. The van der Waals surface area contributed by atoms with Crippen LogP contribution in [-0.2, 0) is 19.2 Å². The van der Waals surface area contributed by atoms with Gasteiger partial charge in [0, 0.05) is 13.1 Å². The van der Waals surface area contributed by atoms with E-state index >= 15 is 0 Å². The normalized spacial score (nSPS) is 12.0. The molecule has 10 heteroatoms. The maximum absolute atomic E-state index is 11.3. The van der Waals surface area contributed by atoms with Gasteiger partial charge in [0.05, 0.1) is 25.8 Å². The van der Waals surface area contributed by atoms with Crippen molar-refractivity contribution in [3.8, 4) is 0 Å². The fraction of sp³-hybridized carbons (Fsp3) is 0.538. The third-order valence-electron chi connectivity index (χ3n) is 2.84. The summed E-state index contributed by atoms with van der Waals surface area (Å²) in [5.74, 6) is -4.00. The molecule has 0 aliphatic carbocycles. The van der Waals surface area contributed by atoms with Crippen LogP contribution in [0.4, 0.5) is 0 Å². The molecule has 23 heavy (non-hydrogen) atoms. The Hall–Kier alpha value is -2.46. The fourth-order valence-electron chi connectivity index (χ4n) is 1.81. The van der Waals surface area contributed by atoms with Gasteiger partial charge in [-0.3, -0.25) is 29.0 Å². The van der Waals surface area contributed by atoms with E-state index in [0.717, 1.165) is 11.0 Å². The van der Waals surface area contributed by atoms with Gasteiger partial charge in [-0.2, -0.15) is 0 Å². The second-order valence-electron chi connectivity index (χ2n) is 4.75. The molecule has 0 aromatic rings. The van der Waals surface area contributed by atoms with Crippen molar-refractivity contribution in [2.45, 2.75) is 13.1 Å². The van der Waals surface area contributed by atoms with Crippen molar-refractivity contribution in [3.05, 3.63) is 12.7 Å². The first-order chi connectivity index (χ1) is 10.6. The number of aliphatic carboxylic acids is 3. The Kier molecular flexibility index (Phi) is 9.20. The number of carbonyl (C=O) groups excluding carboxylic acids is 1. The molecule has 0 spiro atoms. The van der Waals surface area contributed by atoms with Crippen molar-refractivity contribution in [1.82, 2.24) is 15.1 Å². The lowest BCUT2D eigenvalue weighted by Gasteiger charge is -2.30. The number of nitrogens with one attached hydrogen (secondary N) is 1. The van der Waals surface area contributed by atoms with Gasteiger partial charge in [0.15, 0.2) is 0 Å². The predicted octanol–water partition coefficient (Wildman–Crippen LogP) is -1.51. The molecule has 1 atom stereocenters. The summed E-state index contributed by atoms with van der Waals surface area (Å²) in [6.07, 6.45) is 0.393. The molecule has 130 valence electrons. The van der Waals surface area contributed by atoms with Crippen molar-refractivity contribution < 1.29 is 34.5 Å². The molecule has 1 amide bonds. The highest BCUT2D eigenvalue weighted by atomic mass is 16.4. The summed E-state index contributed by atoms with van der Waals surface area (Å²) in [6, 6.07) is 0. The van der Waals surface area contributed by atoms with E-state index < -0.39 is 49.6 Å². The summed E-state index contributed by atoms with van der Waals surface area (Å²) < 4.78 is 0. The van der Waals surface area contributed by atoms with Gasteiger partial charge in [-0.25, -0.2) is 0 Å². The third kappa shape index (κ3) is 9.98. The number of carboxylic acids is 3. The Morgan fingerprint density at radius 1 is 1.00 bits per heavy atom. The van der Waals surface area contributed by atoms with Crippen LogP contribution in [-0.4, -0.2) is 87.8 Å². The van der Waals surface area contributed by atoms with Gasteiger partial charge in [0.2, 0.25) is 5.91 Å². The summed E-state index contributed by atoms with van der Waals surface area (Å²) in [6.45, 7) is 3.55. The van der Waals surface area contributed by atoms with Gasteiger partial charge in [0.1, 0.15) is 0 Å². The lowest BCUT2D eigenvalue weighted by Crippen LogP contribution is -2.51. The van der Waals surface area contributed by atoms with E-state index in [2.05, 4.69) is 11.9 Å². The van der Waals surface area contributed by atoms with Crippen LogP contribution >= 0.6 is 0 Å². The van der Waals surface area contributed by atoms with Gasteiger partial charge in [0.25, 0.3) is 0 Å². The van der Waals surface area contributed by atoms with E-state index in [4.69, 9.17) is 15.3 Å². The Balaban J connectivity index is 4.80. The van der Waals surface area contributed by atoms with Crippen LogP contribution in [0.1, 0.15) is 6.92 Å². The highest BCUT2D eigenvalue weighted by Gasteiger charge is 2.20. The summed E-state index contributed by atoms with van der Waals surface area (Å²) in [4.78, 5) is 46.1. The maximum Gasteiger partial charge on any atom is 0.317 e. The van der Waals surface area contributed by atoms with E-state index in [1.54, 1.807) is 6.92 Å². The quantitative estimate of drug-likeness (QED) is 0.247. The number of hydrogen-bond acceptors (Lipinski definition) is 6. The molecule has 0 aromatic heterocycles. The van der Waals surface area contributed by atoms with E-state index in [-0.39, 0.29) is 13.1 Å². The molecule has 10 nitrogen and oxygen atoms in total. The topological polar surface area (TPSA) is 147 Å².